The topological polar surface area (TPSA) is 67.4 Å². The highest BCUT2D eigenvalue weighted by atomic mass is 32.1. The number of ether oxygens (including phenoxy) is 1. The summed E-state index contributed by atoms with van der Waals surface area (Å²) in [5.41, 5.74) is 1.55. The van der Waals surface area contributed by atoms with E-state index in [-0.39, 0.29) is 18.4 Å². The highest BCUT2D eigenvalue weighted by Crippen LogP contribution is 2.12. The summed E-state index contributed by atoms with van der Waals surface area (Å²) in [7, 11) is 0. The molecule has 1 aromatic heterocycles. The van der Waals surface area contributed by atoms with E-state index < -0.39 is 0 Å². The fourth-order valence-corrected chi connectivity index (χ4v) is 3.06. The molecule has 138 valence electrons. The van der Waals surface area contributed by atoms with Gasteiger partial charge in [-0.15, -0.1) is 11.3 Å². The smallest absolute Gasteiger partial charge is 0.262 e. The second-order valence-electron chi connectivity index (χ2n) is 5.88. The maximum atomic E-state index is 12.0. The Morgan fingerprint density at radius 2 is 1.67 bits per heavy atom. The Morgan fingerprint density at radius 1 is 0.889 bits per heavy atom. The summed E-state index contributed by atoms with van der Waals surface area (Å²) in [6, 6.07) is 20.4. The van der Waals surface area contributed by atoms with Crippen LogP contribution in [-0.4, -0.2) is 18.4 Å². The van der Waals surface area contributed by atoms with Gasteiger partial charge in [0.05, 0.1) is 13.0 Å². The minimum atomic E-state index is -0.236. The summed E-state index contributed by atoms with van der Waals surface area (Å²) in [4.78, 5) is 25.1. The fourth-order valence-electron chi connectivity index (χ4n) is 2.42. The summed E-state index contributed by atoms with van der Waals surface area (Å²) in [5, 5.41) is 7.66. The van der Waals surface area contributed by atoms with E-state index in [0.29, 0.717) is 24.4 Å². The summed E-state index contributed by atoms with van der Waals surface area (Å²) < 4.78 is 5.41. The lowest BCUT2D eigenvalue weighted by Crippen LogP contribution is -2.24. The van der Waals surface area contributed by atoms with Crippen LogP contribution in [0.25, 0.3) is 0 Å². The number of amides is 2. The minimum absolute atomic E-state index is 0.0311. The Labute approximate surface area is 162 Å². The lowest BCUT2D eigenvalue weighted by Gasteiger charge is -2.08. The van der Waals surface area contributed by atoms with E-state index in [1.807, 2.05) is 47.8 Å². The number of anilines is 1. The normalized spacial score (nSPS) is 10.2. The van der Waals surface area contributed by atoms with Crippen molar-refractivity contribution in [3.8, 4) is 5.75 Å². The molecule has 6 heteroatoms. The van der Waals surface area contributed by atoms with Gasteiger partial charge in [0, 0.05) is 10.6 Å². The number of carbonyl (C=O) groups is 2. The molecule has 0 radical (unpaired) electrons. The predicted octanol–water partition coefficient (Wildman–Crippen LogP) is 3.62. The van der Waals surface area contributed by atoms with Crippen LogP contribution in [0.4, 0.5) is 5.69 Å². The van der Waals surface area contributed by atoms with Gasteiger partial charge in [0.2, 0.25) is 5.91 Å². The monoisotopic (exact) mass is 380 g/mol. The van der Waals surface area contributed by atoms with Gasteiger partial charge in [0.1, 0.15) is 5.75 Å². The van der Waals surface area contributed by atoms with Crippen LogP contribution in [0.2, 0.25) is 0 Å². The predicted molar refractivity (Wildman–Crippen MR) is 107 cm³/mol. The molecule has 3 rings (SSSR count). The molecule has 0 atom stereocenters. The average Bonchev–Trinajstić information content (AvgIpc) is 3.21. The summed E-state index contributed by atoms with van der Waals surface area (Å²) in [6.45, 7) is 0.489. The minimum Gasteiger partial charge on any atom is -0.484 e. The molecule has 0 aliphatic heterocycles. The molecule has 0 saturated heterocycles. The van der Waals surface area contributed by atoms with Gasteiger partial charge in [-0.05, 0) is 41.3 Å². The van der Waals surface area contributed by atoms with E-state index in [0.717, 1.165) is 10.4 Å². The van der Waals surface area contributed by atoms with Crippen LogP contribution in [0.5, 0.6) is 5.75 Å². The molecular weight excluding hydrogens is 360 g/mol. The first kappa shape index (κ1) is 18.7. The van der Waals surface area contributed by atoms with Gasteiger partial charge in [0.25, 0.3) is 5.91 Å². The van der Waals surface area contributed by atoms with Gasteiger partial charge in [-0.3, -0.25) is 9.59 Å². The van der Waals surface area contributed by atoms with E-state index in [9.17, 15) is 9.59 Å². The largest absolute Gasteiger partial charge is 0.484 e. The summed E-state index contributed by atoms with van der Waals surface area (Å²) in [6.07, 6.45) is 0.302. The average molecular weight is 380 g/mol. The van der Waals surface area contributed by atoms with E-state index >= 15 is 0 Å². The molecule has 0 aliphatic rings. The van der Waals surface area contributed by atoms with Crippen molar-refractivity contribution in [1.29, 1.82) is 0 Å². The molecule has 0 unspecified atom stereocenters. The molecular formula is C21H20N2O3S. The molecule has 3 aromatic rings. The third-order valence-corrected chi connectivity index (χ3v) is 4.63. The van der Waals surface area contributed by atoms with Crippen LogP contribution < -0.4 is 15.4 Å². The van der Waals surface area contributed by atoms with Gasteiger partial charge in [0.15, 0.2) is 6.61 Å². The van der Waals surface area contributed by atoms with Crippen LogP contribution in [0.1, 0.15) is 10.4 Å². The van der Waals surface area contributed by atoms with Gasteiger partial charge in [-0.25, -0.2) is 0 Å². The number of thiophene rings is 1. The third-order valence-electron chi connectivity index (χ3n) is 3.76. The lowest BCUT2D eigenvalue weighted by atomic mass is 10.1. The lowest BCUT2D eigenvalue weighted by molar-refractivity contribution is -0.120. The summed E-state index contributed by atoms with van der Waals surface area (Å²) in [5.74, 6) is 0.383. The van der Waals surface area contributed by atoms with Crippen molar-refractivity contribution in [2.24, 2.45) is 0 Å². The van der Waals surface area contributed by atoms with E-state index in [1.165, 1.54) is 0 Å². The Kier molecular flexibility index (Phi) is 6.60. The molecule has 2 N–H and O–H groups in total. The Morgan fingerprint density at radius 3 is 2.37 bits per heavy atom. The Bertz CT molecular complexity index is 862. The molecule has 0 spiro atoms. The number of hydrogen-bond acceptors (Lipinski definition) is 4. The van der Waals surface area contributed by atoms with Crippen molar-refractivity contribution in [2.75, 3.05) is 11.9 Å². The maximum Gasteiger partial charge on any atom is 0.262 e. The Balaban J connectivity index is 1.42. The van der Waals surface area contributed by atoms with Crippen molar-refractivity contribution in [2.45, 2.75) is 13.0 Å². The highest BCUT2D eigenvalue weighted by molar-refractivity contribution is 7.09. The summed E-state index contributed by atoms with van der Waals surface area (Å²) >= 11 is 1.62. The van der Waals surface area contributed by atoms with Gasteiger partial charge in [-0.1, -0.05) is 36.4 Å². The van der Waals surface area contributed by atoms with Crippen molar-refractivity contribution >= 4 is 28.8 Å². The number of benzene rings is 2. The van der Waals surface area contributed by atoms with Gasteiger partial charge < -0.3 is 15.4 Å². The number of hydrogen-bond donors (Lipinski definition) is 2. The molecule has 2 aromatic carbocycles. The molecule has 0 aliphatic carbocycles. The van der Waals surface area contributed by atoms with E-state index in [2.05, 4.69) is 10.6 Å². The molecule has 5 nitrogen and oxygen atoms in total. The van der Waals surface area contributed by atoms with Crippen molar-refractivity contribution in [3.63, 3.8) is 0 Å². The van der Waals surface area contributed by atoms with Crippen molar-refractivity contribution in [1.82, 2.24) is 5.32 Å². The SMILES string of the molecule is O=C(Cc1ccc(NC(=O)COc2ccccc2)cc1)NCc1cccs1. The maximum absolute atomic E-state index is 12.0. The molecule has 0 fully saturated rings. The standard InChI is InChI=1S/C21H20N2O3S/c24-20(22-14-19-7-4-12-27-19)13-16-8-10-17(11-9-16)23-21(25)15-26-18-5-2-1-3-6-18/h1-12H,13-15H2,(H,22,24)(H,23,25). The quantitative estimate of drug-likeness (QED) is 0.627. The van der Waals surface area contributed by atoms with E-state index in [1.54, 1.807) is 35.6 Å². The molecule has 1 heterocycles. The van der Waals surface area contributed by atoms with Crippen molar-refractivity contribution in [3.05, 3.63) is 82.6 Å². The first-order chi connectivity index (χ1) is 13.2. The number of para-hydroxylation sites is 1. The second-order valence-corrected chi connectivity index (χ2v) is 6.91. The number of carbonyl (C=O) groups excluding carboxylic acids is 2. The van der Waals surface area contributed by atoms with Crippen LogP contribution in [0, 0.1) is 0 Å². The third kappa shape index (κ3) is 6.27. The van der Waals surface area contributed by atoms with Crippen LogP contribution >= 0.6 is 11.3 Å². The zero-order valence-electron chi connectivity index (χ0n) is 14.7. The van der Waals surface area contributed by atoms with E-state index in [4.69, 9.17) is 4.74 Å². The van der Waals surface area contributed by atoms with Crippen molar-refractivity contribution < 1.29 is 14.3 Å². The molecule has 27 heavy (non-hydrogen) atoms. The molecule has 0 bridgehead atoms. The number of rotatable bonds is 8. The first-order valence-corrected chi connectivity index (χ1v) is 9.43. The zero-order valence-corrected chi connectivity index (χ0v) is 15.5. The zero-order chi connectivity index (χ0) is 18.9. The number of nitrogens with one attached hydrogen (secondary N) is 2. The molecule has 2 amide bonds. The fraction of sp³-hybridized carbons (Fsp3) is 0.143. The molecule has 0 saturated carbocycles. The van der Waals surface area contributed by atoms with Crippen LogP contribution in [-0.2, 0) is 22.6 Å². The highest BCUT2D eigenvalue weighted by Gasteiger charge is 2.06. The van der Waals surface area contributed by atoms with Gasteiger partial charge in [-0.2, -0.15) is 0 Å². The first-order valence-electron chi connectivity index (χ1n) is 8.55. The van der Waals surface area contributed by atoms with Gasteiger partial charge >= 0.3 is 0 Å². The van der Waals surface area contributed by atoms with Crippen LogP contribution in [0.15, 0.2) is 72.1 Å². The second kappa shape index (κ2) is 9.54. The van der Waals surface area contributed by atoms with Crippen LogP contribution in [0.3, 0.4) is 0 Å². The Hall–Kier alpha value is -3.12.